The van der Waals surface area contributed by atoms with Gasteiger partial charge in [-0.25, -0.2) is 0 Å². The van der Waals surface area contributed by atoms with E-state index in [2.05, 4.69) is 35.8 Å². The van der Waals surface area contributed by atoms with Crippen molar-refractivity contribution in [2.45, 2.75) is 24.8 Å². The molecule has 2 aromatic rings. The first kappa shape index (κ1) is 20.0. The van der Waals surface area contributed by atoms with E-state index in [9.17, 15) is 5.21 Å². The normalized spacial score (nSPS) is 26.3. The van der Waals surface area contributed by atoms with E-state index in [-0.39, 0.29) is 16.5 Å². The van der Waals surface area contributed by atoms with Gasteiger partial charge in [0.15, 0.2) is 11.3 Å². The lowest BCUT2D eigenvalue weighted by Crippen LogP contribution is -3.09. The van der Waals surface area contributed by atoms with Crippen LogP contribution in [-0.2, 0) is 11.2 Å². The Morgan fingerprint density at radius 1 is 1.14 bits per heavy atom. The van der Waals surface area contributed by atoms with Crippen molar-refractivity contribution in [3.63, 3.8) is 0 Å². The number of nitrogens with one attached hydrogen (secondary N) is 3. The van der Waals surface area contributed by atoms with Crippen LogP contribution >= 0.6 is 11.8 Å². The fourth-order valence-corrected chi connectivity index (χ4v) is 4.39. The zero-order chi connectivity index (χ0) is 20.2. The predicted octanol–water partition coefficient (Wildman–Crippen LogP) is 2.41. The molecule has 152 valence electrons. The van der Waals surface area contributed by atoms with Gasteiger partial charge in [0.2, 0.25) is 0 Å². The second-order valence-corrected chi connectivity index (χ2v) is 8.29. The van der Waals surface area contributed by atoms with Crippen LogP contribution in [0.5, 0.6) is 0 Å². The topological polar surface area (TPSA) is 60.8 Å². The van der Waals surface area contributed by atoms with Crippen molar-refractivity contribution >= 4 is 17.5 Å². The average molecular weight is 410 g/mol. The molecule has 29 heavy (non-hydrogen) atoms. The predicted molar refractivity (Wildman–Crippen MR) is 119 cm³/mol. The Bertz CT molecular complexity index is 913. The van der Waals surface area contributed by atoms with Gasteiger partial charge in [-0.1, -0.05) is 48.5 Å². The molecule has 0 aromatic heterocycles. The van der Waals surface area contributed by atoms with E-state index in [0.29, 0.717) is 19.6 Å². The molecule has 5 nitrogen and oxygen atoms in total. The second-order valence-electron chi connectivity index (χ2n) is 7.36. The molecule has 2 aromatic carbocycles. The van der Waals surface area contributed by atoms with Gasteiger partial charge >= 0.3 is 0 Å². The number of ether oxygens (including phenoxy) is 1. The van der Waals surface area contributed by atoms with Crippen molar-refractivity contribution in [1.29, 1.82) is 0 Å². The standard InChI is InChI=1S/C23H27N3O2S/c1-16-8-6-7-11-18(16)21-13-22(29-2)28-23-19(14-24-15-25-23)20(26(21)27)12-17-9-4-3-5-10-17/h3-11,13,20,22,24-26H,12,14-15H2,1-2H3/b21-13-. The molecule has 0 spiro atoms. The molecule has 3 atom stereocenters. The average Bonchev–Trinajstić information content (AvgIpc) is 2.75. The third-order valence-corrected chi connectivity index (χ3v) is 6.17. The summed E-state index contributed by atoms with van der Waals surface area (Å²) in [5.41, 5.74) is 4.76. The molecule has 2 aliphatic heterocycles. The smallest absolute Gasteiger partial charge is 0.195 e. The van der Waals surface area contributed by atoms with Gasteiger partial charge in [0, 0.05) is 24.6 Å². The summed E-state index contributed by atoms with van der Waals surface area (Å²) >= 11 is 1.59. The Morgan fingerprint density at radius 3 is 2.66 bits per heavy atom. The van der Waals surface area contributed by atoms with Crippen LogP contribution in [0.15, 0.2) is 72.1 Å². The van der Waals surface area contributed by atoms with Crippen LogP contribution in [0, 0.1) is 12.1 Å². The number of thioether (sulfide) groups is 1. The second kappa shape index (κ2) is 9.05. The number of hydrogen-bond donors (Lipinski definition) is 3. The first-order valence-corrected chi connectivity index (χ1v) is 11.2. The molecule has 0 saturated carbocycles. The molecule has 6 heteroatoms. The van der Waals surface area contributed by atoms with Crippen molar-refractivity contribution in [3.05, 3.63) is 94.0 Å². The van der Waals surface area contributed by atoms with Gasteiger partial charge in [0.1, 0.15) is 11.7 Å². The molecule has 0 amide bonds. The fourth-order valence-electron chi connectivity index (χ4n) is 3.93. The van der Waals surface area contributed by atoms with Crippen molar-refractivity contribution in [2.75, 3.05) is 19.5 Å². The number of rotatable bonds is 4. The molecule has 4 rings (SSSR count). The minimum Gasteiger partial charge on any atom is -0.628 e. The summed E-state index contributed by atoms with van der Waals surface area (Å²) in [6.07, 6.45) is 4.64. The summed E-state index contributed by atoms with van der Waals surface area (Å²) in [4.78, 5) is 0. The third-order valence-electron chi connectivity index (χ3n) is 5.47. The van der Waals surface area contributed by atoms with Gasteiger partial charge in [0.25, 0.3) is 0 Å². The van der Waals surface area contributed by atoms with Gasteiger partial charge in [-0.05, 0) is 30.4 Å². The molecular weight excluding hydrogens is 382 g/mol. The van der Waals surface area contributed by atoms with Crippen LogP contribution in [0.25, 0.3) is 5.70 Å². The molecule has 0 saturated heterocycles. The van der Waals surface area contributed by atoms with E-state index in [1.807, 2.05) is 48.7 Å². The van der Waals surface area contributed by atoms with Crippen molar-refractivity contribution in [3.8, 4) is 0 Å². The molecule has 0 fully saturated rings. The molecule has 0 bridgehead atoms. The third kappa shape index (κ3) is 4.36. The number of hydrogen-bond acceptors (Lipinski definition) is 5. The highest BCUT2D eigenvalue weighted by molar-refractivity contribution is 7.99. The maximum Gasteiger partial charge on any atom is 0.195 e. The molecule has 2 aliphatic rings. The Labute approximate surface area is 176 Å². The molecule has 0 radical (unpaired) electrons. The summed E-state index contributed by atoms with van der Waals surface area (Å²) in [6.45, 7) is 3.34. The highest BCUT2D eigenvalue weighted by atomic mass is 32.2. The van der Waals surface area contributed by atoms with Gasteiger partial charge in [0.05, 0.1) is 12.2 Å². The summed E-state index contributed by atoms with van der Waals surface area (Å²) in [7, 11) is 0. The number of benzene rings is 2. The van der Waals surface area contributed by atoms with Crippen LogP contribution in [0.1, 0.15) is 16.7 Å². The maximum atomic E-state index is 13.9. The first-order valence-electron chi connectivity index (χ1n) is 9.90. The van der Waals surface area contributed by atoms with E-state index >= 15 is 0 Å². The lowest BCUT2D eigenvalue weighted by molar-refractivity contribution is -0.793. The Hall–Kier alpha value is -2.25. The van der Waals surface area contributed by atoms with Gasteiger partial charge in [-0.3, -0.25) is 5.32 Å². The van der Waals surface area contributed by atoms with E-state index in [0.717, 1.165) is 33.8 Å². The zero-order valence-corrected chi connectivity index (χ0v) is 17.6. The largest absolute Gasteiger partial charge is 0.628 e. The van der Waals surface area contributed by atoms with Gasteiger partial charge in [-0.15, -0.1) is 11.8 Å². The lowest BCUT2D eigenvalue weighted by atomic mass is 9.95. The van der Waals surface area contributed by atoms with Crippen molar-refractivity contribution in [1.82, 2.24) is 10.6 Å². The van der Waals surface area contributed by atoms with Gasteiger partial charge in [-0.2, -0.15) is 0 Å². The van der Waals surface area contributed by atoms with Gasteiger partial charge < -0.3 is 20.3 Å². The lowest BCUT2D eigenvalue weighted by Gasteiger charge is -2.39. The van der Waals surface area contributed by atoms with E-state index < -0.39 is 0 Å². The van der Waals surface area contributed by atoms with E-state index in [1.165, 1.54) is 0 Å². The van der Waals surface area contributed by atoms with Crippen molar-refractivity contribution in [2.24, 2.45) is 0 Å². The Morgan fingerprint density at radius 2 is 1.90 bits per heavy atom. The number of hydroxylamine groups is 2. The molecular formula is C23H27N3O2S. The number of quaternary nitrogens is 1. The Balaban J connectivity index is 1.80. The molecule has 2 heterocycles. The SMILES string of the molecule is CSC1/C=C(/c2ccccc2C)[NH+]([O-])C(Cc2ccccc2)C2=C(NCNC2)O1. The van der Waals surface area contributed by atoms with Crippen LogP contribution in [0.4, 0.5) is 0 Å². The van der Waals surface area contributed by atoms with E-state index in [4.69, 9.17) is 4.74 Å². The highest BCUT2D eigenvalue weighted by Gasteiger charge is 2.34. The van der Waals surface area contributed by atoms with Crippen LogP contribution in [0.3, 0.4) is 0 Å². The highest BCUT2D eigenvalue weighted by Crippen LogP contribution is 2.26. The summed E-state index contributed by atoms with van der Waals surface area (Å²) in [5, 5.41) is 20.8. The maximum absolute atomic E-state index is 13.9. The van der Waals surface area contributed by atoms with E-state index in [1.54, 1.807) is 11.8 Å². The first-order chi connectivity index (χ1) is 14.2. The summed E-state index contributed by atoms with van der Waals surface area (Å²) in [6, 6.07) is 18.0. The minimum atomic E-state index is -0.277. The number of aryl methyl sites for hydroxylation is 1. The molecule has 3 unspecified atom stereocenters. The quantitative estimate of drug-likeness (QED) is 0.677. The Kier molecular flexibility index (Phi) is 6.25. The monoisotopic (exact) mass is 409 g/mol. The van der Waals surface area contributed by atoms with Crippen molar-refractivity contribution < 1.29 is 9.80 Å². The van der Waals surface area contributed by atoms with Crippen LogP contribution in [0.2, 0.25) is 0 Å². The van der Waals surface area contributed by atoms with Crippen LogP contribution < -0.4 is 15.7 Å². The van der Waals surface area contributed by atoms with Crippen LogP contribution in [-0.4, -0.2) is 30.9 Å². The molecule has 0 aliphatic carbocycles. The molecule has 3 N–H and O–H groups in total. The minimum absolute atomic E-state index is 0.156. The zero-order valence-electron chi connectivity index (χ0n) is 16.8. The summed E-state index contributed by atoms with van der Waals surface area (Å²) in [5.74, 6) is 0.748. The fraction of sp³-hybridized carbons (Fsp3) is 0.304. The summed E-state index contributed by atoms with van der Waals surface area (Å²) < 4.78 is 6.32.